The molecule has 0 radical (unpaired) electrons. The predicted molar refractivity (Wildman–Crippen MR) is 42.2 cm³/mol. The molecule has 50 valence electrons. The normalized spacial score (nSPS) is 8.80. The van der Waals surface area contributed by atoms with E-state index >= 15 is 0 Å². The molecular formula is C7H5BrN2. The third-order valence-electron chi connectivity index (χ3n) is 1.05. The number of aromatic nitrogens is 1. The zero-order chi connectivity index (χ0) is 7.40. The molecule has 0 amide bonds. The summed E-state index contributed by atoms with van der Waals surface area (Å²) in [4.78, 5) is 7.20. The van der Waals surface area contributed by atoms with Crippen LogP contribution in [0.5, 0.6) is 0 Å². The summed E-state index contributed by atoms with van der Waals surface area (Å²) in [5.41, 5.74) is 0.957. The zero-order valence-corrected chi connectivity index (χ0v) is 6.80. The molecule has 0 atom stereocenters. The zero-order valence-electron chi connectivity index (χ0n) is 5.21. The third-order valence-corrected chi connectivity index (χ3v) is 1.52. The van der Waals surface area contributed by atoms with Crippen LogP contribution in [0.4, 0.5) is 0 Å². The molecule has 0 spiro atoms. The SMILES string of the molecule is [C-]#[N+]Cc1ccc(Br)nc1. The van der Waals surface area contributed by atoms with E-state index in [1.165, 1.54) is 0 Å². The summed E-state index contributed by atoms with van der Waals surface area (Å²) in [6.45, 7) is 7.00. The summed E-state index contributed by atoms with van der Waals surface area (Å²) >= 11 is 3.21. The fourth-order valence-electron chi connectivity index (χ4n) is 0.591. The largest absolute Gasteiger partial charge is 0.312 e. The third kappa shape index (κ3) is 1.82. The molecule has 0 aliphatic rings. The van der Waals surface area contributed by atoms with E-state index in [2.05, 4.69) is 25.8 Å². The maximum atomic E-state index is 6.58. The first kappa shape index (κ1) is 7.23. The highest BCUT2D eigenvalue weighted by atomic mass is 79.9. The van der Waals surface area contributed by atoms with E-state index in [4.69, 9.17) is 6.57 Å². The molecular weight excluding hydrogens is 192 g/mol. The van der Waals surface area contributed by atoms with Crippen molar-refractivity contribution in [1.82, 2.24) is 4.98 Å². The van der Waals surface area contributed by atoms with E-state index in [1.54, 1.807) is 6.20 Å². The average Bonchev–Trinajstić information content (AvgIpc) is 1.95. The fraction of sp³-hybridized carbons (Fsp3) is 0.143. The van der Waals surface area contributed by atoms with Gasteiger partial charge in [0.15, 0.2) is 0 Å². The second-order valence-corrected chi connectivity index (χ2v) is 2.62. The van der Waals surface area contributed by atoms with Crippen LogP contribution < -0.4 is 0 Å². The van der Waals surface area contributed by atoms with Crippen molar-refractivity contribution in [2.24, 2.45) is 0 Å². The summed E-state index contributed by atoms with van der Waals surface area (Å²) < 4.78 is 0.807. The van der Waals surface area contributed by atoms with Gasteiger partial charge in [-0.3, -0.25) is 0 Å². The molecule has 0 bridgehead atoms. The number of rotatable bonds is 1. The summed E-state index contributed by atoms with van der Waals surface area (Å²) in [6.07, 6.45) is 1.70. The van der Waals surface area contributed by atoms with E-state index in [1.807, 2.05) is 12.1 Å². The van der Waals surface area contributed by atoms with Gasteiger partial charge in [0.25, 0.3) is 0 Å². The Morgan fingerprint density at radius 3 is 2.90 bits per heavy atom. The van der Waals surface area contributed by atoms with E-state index in [-0.39, 0.29) is 0 Å². The van der Waals surface area contributed by atoms with E-state index in [0.29, 0.717) is 6.54 Å². The minimum absolute atomic E-state index is 0.417. The Balaban J connectivity index is 2.81. The van der Waals surface area contributed by atoms with Gasteiger partial charge < -0.3 is 4.85 Å². The molecule has 0 saturated heterocycles. The summed E-state index contributed by atoms with van der Waals surface area (Å²) in [7, 11) is 0. The Labute approximate surface area is 67.9 Å². The van der Waals surface area contributed by atoms with Gasteiger partial charge in [-0.1, -0.05) is 0 Å². The Kier molecular flexibility index (Phi) is 2.41. The smallest absolute Gasteiger partial charge is 0.241 e. The van der Waals surface area contributed by atoms with Gasteiger partial charge in [0, 0.05) is 11.8 Å². The molecule has 1 heterocycles. The van der Waals surface area contributed by atoms with Gasteiger partial charge in [-0.2, -0.15) is 0 Å². The Bertz CT molecular complexity index is 247. The molecule has 0 aliphatic carbocycles. The lowest BCUT2D eigenvalue weighted by Crippen LogP contribution is -1.80. The highest BCUT2D eigenvalue weighted by Gasteiger charge is 1.93. The minimum Gasteiger partial charge on any atom is -0.312 e. The molecule has 0 aromatic carbocycles. The van der Waals surface area contributed by atoms with Crippen molar-refractivity contribution < 1.29 is 0 Å². The van der Waals surface area contributed by atoms with Gasteiger partial charge in [-0.15, -0.1) is 0 Å². The Morgan fingerprint density at radius 2 is 2.40 bits per heavy atom. The second kappa shape index (κ2) is 3.33. The van der Waals surface area contributed by atoms with E-state index in [0.717, 1.165) is 10.2 Å². The van der Waals surface area contributed by atoms with Crippen LogP contribution in [0.15, 0.2) is 22.9 Å². The van der Waals surface area contributed by atoms with E-state index < -0.39 is 0 Å². The van der Waals surface area contributed by atoms with Crippen LogP contribution >= 0.6 is 15.9 Å². The van der Waals surface area contributed by atoms with Crippen LogP contribution in [-0.4, -0.2) is 4.98 Å². The van der Waals surface area contributed by atoms with Gasteiger partial charge in [0.1, 0.15) is 4.60 Å². The molecule has 0 unspecified atom stereocenters. The second-order valence-electron chi connectivity index (χ2n) is 1.81. The molecule has 0 saturated carbocycles. The lowest BCUT2D eigenvalue weighted by Gasteiger charge is -1.89. The molecule has 0 aliphatic heterocycles. The first-order valence-corrected chi connectivity index (χ1v) is 3.56. The maximum Gasteiger partial charge on any atom is 0.241 e. The molecule has 10 heavy (non-hydrogen) atoms. The standard InChI is InChI=1S/C7H5BrN2/c1-9-4-6-2-3-7(8)10-5-6/h2-3,5H,4H2. The van der Waals surface area contributed by atoms with Gasteiger partial charge >= 0.3 is 0 Å². The quantitative estimate of drug-likeness (QED) is 0.498. The number of hydrogen-bond acceptors (Lipinski definition) is 1. The number of pyridine rings is 1. The number of hydrogen-bond donors (Lipinski definition) is 0. The summed E-state index contributed by atoms with van der Waals surface area (Å²) in [5, 5.41) is 0. The van der Waals surface area contributed by atoms with Gasteiger partial charge in [0.2, 0.25) is 6.54 Å². The van der Waals surface area contributed by atoms with Crippen LogP contribution in [-0.2, 0) is 6.54 Å². The summed E-state index contributed by atoms with van der Waals surface area (Å²) in [5.74, 6) is 0. The monoisotopic (exact) mass is 196 g/mol. The average molecular weight is 197 g/mol. The maximum absolute atomic E-state index is 6.58. The van der Waals surface area contributed by atoms with E-state index in [9.17, 15) is 0 Å². The van der Waals surface area contributed by atoms with Gasteiger partial charge in [-0.05, 0) is 28.1 Å². The van der Waals surface area contributed by atoms with Crippen molar-refractivity contribution in [3.63, 3.8) is 0 Å². The van der Waals surface area contributed by atoms with Crippen molar-refractivity contribution in [3.8, 4) is 0 Å². The minimum atomic E-state index is 0.417. The fourth-order valence-corrected chi connectivity index (χ4v) is 0.826. The van der Waals surface area contributed by atoms with Crippen molar-refractivity contribution in [1.29, 1.82) is 0 Å². The van der Waals surface area contributed by atoms with Crippen molar-refractivity contribution >= 4 is 15.9 Å². The molecule has 1 aromatic heterocycles. The Hall–Kier alpha value is -0.880. The first-order valence-electron chi connectivity index (χ1n) is 2.76. The summed E-state index contributed by atoms with van der Waals surface area (Å²) in [6, 6.07) is 3.72. The van der Waals surface area contributed by atoms with Gasteiger partial charge in [0.05, 0.1) is 0 Å². The van der Waals surface area contributed by atoms with Crippen molar-refractivity contribution in [3.05, 3.63) is 39.9 Å². The number of nitrogens with zero attached hydrogens (tertiary/aromatic N) is 2. The van der Waals surface area contributed by atoms with Crippen molar-refractivity contribution in [2.75, 3.05) is 0 Å². The lowest BCUT2D eigenvalue weighted by atomic mass is 10.3. The molecule has 2 nitrogen and oxygen atoms in total. The molecule has 1 rings (SSSR count). The Morgan fingerprint density at radius 1 is 1.60 bits per heavy atom. The topological polar surface area (TPSA) is 17.2 Å². The molecule has 0 fully saturated rings. The van der Waals surface area contributed by atoms with Gasteiger partial charge in [-0.25, -0.2) is 11.6 Å². The highest BCUT2D eigenvalue weighted by Crippen LogP contribution is 2.06. The molecule has 3 heteroatoms. The highest BCUT2D eigenvalue weighted by molar-refractivity contribution is 9.10. The van der Waals surface area contributed by atoms with Crippen LogP contribution in [0, 0.1) is 6.57 Å². The van der Waals surface area contributed by atoms with Crippen LogP contribution in [0.2, 0.25) is 0 Å². The number of halogens is 1. The van der Waals surface area contributed by atoms with Crippen molar-refractivity contribution in [2.45, 2.75) is 6.54 Å². The first-order chi connectivity index (χ1) is 4.83. The lowest BCUT2D eigenvalue weighted by molar-refractivity contribution is 1.16. The van der Waals surface area contributed by atoms with Crippen LogP contribution in [0.25, 0.3) is 4.85 Å². The van der Waals surface area contributed by atoms with Crippen LogP contribution in [0.3, 0.4) is 0 Å². The molecule has 1 aromatic rings. The molecule has 0 N–H and O–H groups in total. The predicted octanol–water partition coefficient (Wildman–Crippen LogP) is 2.26. The van der Waals surface area contributed by atoms with Crippen LogP contribution in [0.1, 0.15) is 5.56 Å².